The van der Waals surface area contributed by atoms with Crippen molar-refractivity contribution in [3.8, 4) is 0 Å². The van der Waals surface area contributed by atoms with Gasteiger partial charge in [0.1, 0.15) is 0 Å². The molecule has 0 spiro atoms. The molecule has 0 atom stereocenters. The number of thiophene rings is 1. The van der Waals surface area contributed by atoms with Crippen LogP contribution in [-0.4, -0.2) is 9.49 Å². The zero-order valence-electron chi connectivity index (χ0n) is 11.0. The molecule has 6 nitrogen and oxygen atoms in total. The maximum Gasteiger partial charge on any atom is 0.324 e. The van der Waals surface area contributed by atoms with Crippen LogP contribution in [0, 0.1) is 10.1 Å². The van der Waals surface area contributed by atoms with Crippen molar-refractivity contribution in [1.82, 2.24) is 4.57 Å². The highest BCUT2D eigenvalue weighted by Crippen LogP contribution is 2.23. The molecule has 0 bridgehead atoms. The Kier molecular flexibility index (Phi) is 4.52. The zero-order valence-corrected chi connectivity index (χ0v) is 11.9. The second kappa shape index (κ2) is 6.33. The van der Waals surface area contributed by atoms with E-state index >= 15 is 0 Å². The molecule has 2 aromatic rings. The average molecular weight is 293 g/mol. The number of rotatable bonds is 6. The minimum absolute atomic E-state index is 0.0245. The number of aromatic nitrogens is 1. The molecule has 106 valence electrons. The Balaban J connectivity index is 2.04. The minimum atomic E-state index is -0.393. The third-order valence-corrected chi connectivity index (χ3v) is 3.69. The first-order valence-corrected chi connectivity index (χ1v) is 7.14. The Bertz CT molecular complexity index is 663. The van der Waals surface area contributed by atoms with Crippen LogP contribution in [0.15, 0.2) is 34.6 Å². The van der Waals surface area contributed by atoms with Gasteiger partial charge in [-0.1, -0.05) is 18.3 Å². The van der Waals surface area contributed by atoms with Crippen molar-refractivity contribution in [3.05, 3.63) is 55.8 Å². The molecule has 0 aliphatic heterocycles. The van der Waals surface area contributed by atoms with E-state index in [1.54, 1.807) is 28.3 Å². The van der Waals surface area contributed by atoms with Crippen molar-refractivity contribution in [3.63, 3.8) is 0 Å². The SMILES string of the molecule is CCCn1cc(NCc2csc([N+](=O)[O-])c2)ccc1=O. The highest BCUT2D eigenvalue weighted by molar-refractivity contribution is 7.13. The molecule has 1 N–H and O–H groups in total. The second-order valence-electron chi connectivity index (χ2n) is 4.35. The van der Waals surface area contributed by atoms with Crippen LogP contribution in [0.5, 0.6) is 0 Å². The Morgan fingerprint density at radius 2 is 2.25 bits per heavy atom. The molecule has 0 saturated carbocycles. The molecule has 0 aliphatic rings. The molecule has 0 unspecified atom stereocenters. The summed E-state index contributed by atoms with van der Waals surface area (Å²) in [6, 6.07) is 4.79. The van der Waals surface area contributed by atoms with Crippen molar-refractivity contribution >= 4 is 22.0 Å². The summed E-state index contributed by atoms with van der Waals surface area (Å²) in [6.45, 7) is 3.18. The maximum atomic E-state index is 11.6. The summed E-state index contributed by atoms with van der Waals surface area (Å²) in [5.74, 6) is 0. The minimum Gasteiger partial charge on any atom is -0.380 e. The molecule has 0 fully saturated rings. The Morgan fingerprint density at radius 3 is 2.90 bits per heavy atom. The van der Waals surface area contributed by atoms with Crippen molar-refractivity contribution in [2.75, 3.05) is 5.32 Å². The maximum absolute atomic E-state index is 11.6. The predicted octanol–water partition coefficient (Wildman–Crippen LogP) is 2.84. The summed E-state index contributed by atoms with van der Waals surface area (Å²) in [7, 11) is 0. The van der Waals surface area contributed by atoms with Gasteiger partial charge in [-0.3, -0.25) is 14.9 Å². The monoisotopic (exact) mass is 293 g/mol. The van der Waals surface area contributed by atoms with Crippen LogP contribution in [0.3, 0.4) is 0 Å². The molecule has 2 rings (SSSR count). The first-order chi connectivity index (χ1) is 9.60. The lowest BCUT2D eigenvalue weighted by atomic mass is 10.3. The summed E-state index contributed by atoms with van der Waals surface area (Å²) in [5.41, 5.74) is 1.66. The van der Waals surface area contributed by atoms with E-state index in [-0.39, 0.29) is 10.6 Å². The topological polar surface area (TPSA) is 77.2 Å². The number of pyridine rings is 1. The number of hydrogen-bond acceptors (Lipinski definition) is 5. The van der Waals surface area contributed by atoms with Gasteiger partial charge in [0.15, 0.2) is 0 Å². The number of nitrogens with one attached hydrogen (secondary N) is 1. The van der Waals surface area contributed by atoms with Gasteiger partial charge in [-0.15, -0.1) is 0 Å². The van der Waals surface area contributed by atoms with Crippen molar-refractivity contribution in [1.29, 1.82) is 0 Å². The van der Waals surface area contributed by atoms with E-state index in [0.717, 1.165) is 29.0 Å². The number of nitrogens with zero attached hydrogens (tertiary/aromatic N) is 2. The van der Waals surface area contributed by atoms with Crippen LogP contribution in [-0.2, 0) is 13.1 Å². The number of nitro groups is 1. The second-order valence-corrected chi connectivity index (χ2v) is 5.24. The van der Waals surface area contributed by atoms with Gasteiger partial charge in [0, 0.05) is 36.8 Å². The molecule has 0 saturated heterocycles. The lowest BCUT2D eigenvalue weighted by Crippen LogP contribution is -2.18. The molecule has 2 heterocycles. The van der Waals surface area contributed by atoms with E-state index < -0.39 is 4.92 Å². The third-order valence-electron chi connectivity index (χ3n) is 2.76. The Morgan fingerprint density at radius 1 is 1.45 bits per heavy atom. The summed E-state index contributed by atoms with van der Waals surface area (Å²) in [5, 5.41) is 15.7. The molecule has 2 aromatic heterocycles. The summed E-state index contributed by atoms with van der Waals surface area (Å²) in [6.07, 6.45) is 2.66. The van der Waals surface area contributed by atoms with E-state index in [1.165, 1.54) is 6.07 Å². The van der Waals surface area contributed by atoms with Gasteiger partial charge in [-0.25, -0.2) is 0 Å². The number of aryl methyl sites for hydroxylation is 1. The smallest absolute Gasteiger partial charge is 0.324 e. The van der Waals surface area contributed by atoms with Gasteiger partial charge < -0.3 is 9.88 Å². The Labute approximate surface area is 119 Å². The van der Waals surface area contributed by atoms with Crippen molar-refractivity contribution in [2.24, 2.45) is 0 Å². The molecule has 0 amide bonds. The standard InChI is InChI=1S/C13H15N3O3S/c1-2-5-15-8-11(3-4-12(15)17)14-7-10-6-13(16(18)19)20-9-10/h3-4,6,8-9,14H,2,5,7H2,1H3. The molecule has 20 heavy (non-hydrogen) atoms. The van der Waals surface area contributed by atoms with Crippen LogP contribution < -0.4 is 10.9 Å². The molecular formula is C13H15N3O3S. The van der Waals surface area contributed by atoms with Crippen LogP contribution >= 0.6 is 11.3 Å². The highest BCUT2D eigenvalue weighted by atomic mass is 32.1. The molecule has 0 aromatic carbocycles. The normalized spacial score (nSPS) is 10.4. The van der Waals surface area contributed by atoms with Gasteiger partial charge in [0.05, 0.1) is 10.6 Å². The highest BCUT2D eigenvalue weighted by Gasteiger charge is 2.09. The lowest BCUT2D eigenvalue weighted by Gasteiger charge is -2.08. The van der Waals surface area contributed by atoms with Crippen LogP contribution in [0.1, 0.15) is 18.9 Å². The first-order valence-electron chi connectivity index (χ1n) is 6.26. The average Bonchev–Trinajstić information content (AvgIpc) is 2.89. The predicted molar refractivity (Wildman–Crippen MR) is 79.3 cm³/mol. The van der Waals surface area contributed by atoms with Gasteiger partial charge >= 0.3 is 5.00 Å². The Hall–Kier alpha value is -2.15. The quantitative estimate of drug-likeness (QED) is 0.656. The first kappa shape index (κ1) is 14.3. The van der Waals surface area contributed by atoms with E-state index in [9.17, 15) is 14.9 Å². The van der Waals surface area contributed by atoms with Gasteiger partial charge in [0.25, 0.3) is 5.56 Å². The fraction of sp³-hybridized carbons (Fsp3) is 0.308. The van der Waals surface area contributed by atoms with Crippen LogP contribution in [0.4, 0.5) is 10.7 Å². The van der Waals surface area contributed by atoms with Gasteiger partial charge in [-0.05, 0) is 18.1 Å². The van der Waals surface area contributed by atoms with Gasteiger partial charge in [-0.2, -0.15) is 0 Å². The van der Waals surface area contributed by atoms with Crippen molar-refractivity contribution in [2.45, 2.75) is 26.4 Å². The fourth-order valence-electron chi connectivity index (χ4n) is 1.81. The van der Waals surface area contributed by atoms with E-state index in [4.69, 9.17) is 0 Å². The largest absolute Gasteiger partial charge is 0.380 e. The van der Waals surface area contributed by atoms with Crippen LogP contribution in [0.25, 0.3) is 0 Å². The number of anilines is 1. The van der Waals surface area contributed by atoms with E-state index in [2.05, 4.69) is 5.32 Å². The van der Waals surface area contributed by atoms with E-state index in [0.29, 0.717) is 13.1 Å². The summed E-state index contributed by atoms with van der Waals surface area (Å²) in [4.78, 5) is 21.8. The molecule has 0 radical (unpaired) electrons. The fourth-order valence-corrected chi connectivity index (χ4v) is 2.54. The summed E-state index contributed by atoms with van der Waals surface area (Å²) >= 11 is 1.11. The lowest BCUT2D eigenvalue weighted by molar-refractivity contribution is -0.380. The van der Waals surface area contributed by atoms with Crippen LogP contribution in [0.2, 0.25) is 0 Å². The van der Waals surface area contributed by atoms with E-state index in [1.807, 2.05) is 6.92 Å². The van der Waals surface area contributed by atoms with Crippen molar-refractivity contribution < 1.29 is 4.92 Å². The molecule has 7 heteroatoms. The molecule has 0 aliphatic carbocycles. The summed E-state index contributed by atoms with van der Waals surface area (Å²) < 4.78 is 1.65. The molecular weight excluding hydrogens is 278 g/mol. The van der Waals surface area contributed by atoms with Gasteiger partial charge in [0.2, 0.25) is 0 Å². The zero-order chi connectivity index (χ0) is 14.5. The third kappa shape index (κ3) is 3.45. The number of hydrogen-bond donors (Lipinski definition) is 1.